The van der Waals surface area contributed by atoms with Gasteiger partial charge >= 0.3 is 13.2 Å². The molecule has 9 nitrogen and oxygen atoms in total. The first-order valence-corrected chi connectivity index (χ1v) is 11.9. The zero-order valence-corrected chi connectivity index (χ0v) is 20.7. The molecule has 5 rings (SSSR count). The fourth-order valence-electron chi connectivity index (χ4n) is 5.48. The lowest BCUT2D eigenvalue weighted by atomic mass is 9.79. The van der Waals surface area contributed by atoms with Crippen molar-refractivity contribution in [3.63, 3.8) is 0 Å². The number of benzene rings is 1. The van der Waals surface area contributed by atoms with Crippen LogP contribution in [0.5, 0.6) is 0 Å². The summed E-state index contributed by atoms with van der Waals surface area (Å²) in [5.41, 5.74) is 1.50. The van der Waals surface area contributed by atoms with Crippen molar-refractivity contribution >= 4 is 52.0 Å². The van der Waals surface area contributed by atoms with E-state index in [4.69, 9.17) is 4.74 Å². The van der Waals surface area contributed by atoms with E-state index in [2.05, 4.69) is 26.8 Å². The van der Waals surface area contributed by atoms with Gasteiger partial charge in [-0.25, -0.2) is 14.2 Å². The predicted octanol–water partition coefficient (Wildman–Crippen LogP) is 2.05. The molecule has 2 fully saturated rings. The molecule has 2 aromatic heterocycles. The van der Waals surface area contributed by atoms with E-state index in [0.717, 1.165) is 26.1 Å². The number of pyridine rings is 1. The van der Waals surface area contributed by atoms with E-state index in [9.17, 15) is 19.2 Å². The maximum atomic E-state index is 14.9. The molecule has 0 unspecified atom stereocenters. The monoisotopic (exact) mass is 483 g/mol. The Morgan fingerprint density at radius 3 is 2.71 bits per heavy atom. The first-order chi connectivity index (χ1) is 16.4. The summed E-state index contributed by atoms with van der Waals surface area (Å²) < 4.78 is 20.4. The number of rotatable bonds is 3. The summed E-state index contributed by atoms with van der Waals surface area (Å²) in [7, 11) is 1.91. The van der Waals surface area contributed by atoms with Crippen LogP contribution in [0.25, 0.3) is 21.9 Å². The number of H-pyrrole nitrogens is 1. The average molecular weight is 483 g/mol. The standard InChI is InChI=1S/C24H31BFN5O4/c1-24(2,3)35-23(32)30(5)17-9-14(26)8-15-19-21(31-11-13-6-7-29(4)18(13)12-31)16(25(33)34)10-27-22(19)28-20(15)17/h8-10,13,18,33-34H,6-7,11-12H2,1-5H3,(H,27,28)/t13-,18+/m1/s1. The number of amides is 1. The van der Waals surface area contributed by atoms with Gasteiger partial charge in [0, 0.05) is 54.3 Å². The molecule has 0 spiro atoms. The largest absolute Gasteiger partial charge is 0.492 e. The molecule has 2 aliphatic rings. The highest BCUT2D eigenvalue weighted by molar-refractivity contribution is 6.61. The van der Waals surface area contributed by atoms with Crippen LogP contribution in [0, 0.1) is 11.7 Å². The molecule has 0 radical (unpaired) electrons. The number of ether oxygens (including phenoxy) is 1. The first-order valence-electron chi connectivity index (χ1n) is 11.9. The van der Waals surface area contributed by atoms with Crippen LogP contribution in [0.4, 0.5) is 20.6 Å². The van der Waals surface area contributed by atoms with Gasteiger partial charge in [-0.2, -0.15) is 0 Å². The number of likely N-dealkylation sites (N-methyl/N-ethyl adjacent to an activating group) is 1. The zero-order valence-electron chi connectivity index (χ0n) is 20.7. The van der Waals surface area contributed by atoms with Gasteiger partial charge in [0.2, 0.25) is 0 Å². The van der Waals surface area contributed by atoms with Crippen molar-refractivity contribution in [3.05, 3.63) is 24.1 Å². The molecule has 3 N–H and O–H groups in total. The summed E-state index contributed by atoms with van der Waals surface area (Å²) in [5.74, 6) is -0.0505. The molecule has 35 heavy (non-hydrogen) atoms. The van der Waals surface area contributed by atoms with E-state index in [1.54, 1.807) is 20.8 Å². The third kappa shape index (κ3) is 4.11. The fourth-order valence-corrected chi connectivity index (χ4v) is 5.48. The molecular formula is C24H31BFN5O4. The number of nitrogens with zero attached hydrogens (tertiary/aromatic N) is 4. The number of carbonyl (C=O) groups excluding carboxylic acids is 1. The van der Waals surface area contributed by atoms with Crippen LogP contribution in [0.3, 0.4) is 0 Å². The summed E-state index contributed by atoms with van der Waals surface area (Å²) in [5, 5.41) is 21.5. The minimum absolute atomic E-state index is 0.271. The highest BCUT2D eigenvalue weighted by Gasteiger charge is 2.41. The van der Waals surface area contributed by atoms with E-state index in [1.165, 1.54) is 30.3 Å². The highest BCUT2D eigenvalue weighted by atomic mass is 19.1. The topological polar surface area (TPSA) is 105 Å². The molecule has 2 saturated heterocycles. The van der Waals surface area contributed by atoms with Gasteiger partial charge in [0.25, 0.3) is 0 Å². The minimum atomic E-state index is -1.73. The number of anilines is 2. The summed E-state index contributed by atoms with van der Waals surface area (Å²) in [4.78, 5) is 26.2. The van der Waals surface area contributed by atoms with Gasteiger partial charge in [-0.3, -0.25) is 4.90 Å². The number of nitrogens with one attached hydrogen (secondary N) is 1. The van der Waals surface area contributed by atoms with Gasteiger partial charge in [0.05, 0.1) is 11.2 Å². The van der Waals surface area contributed by atoms with E-state index < -0.39 is 24.6 Å². The second-order valence-electron chi connectivity index (χ2n) is 10.7. The Bertz CT molecular complexity index is 1310. The van der Waals surface area contributed by atoms with Gasteiger partial charge in [-0.1, -0.05) is 0 Å². The first kappa shape index (κ1) is 23.8. The van der Waals surface area contributed by atoms with Crippen molar-refractivity contribution in [2.24, 2.45) is 5.92 Å². The third-order valence-electron chi connectivity index (χ3n) is 7.12. The number of fused-ring (bicyclic) bond motifs is 4. The molecule has 186 valence electrons. The molecule has 0 saturated carbocycles. The summed E-state index contributed by atoms with van der Waals surface area (Å²) in [6.45, 7) is 7.84. The summed E-state index contributed by atoms with van der Waals surface area (Å²) in [6, 6.07) is 3.04. The van der Waals surface area contributed by atoms with E-state index >= 15 is 0 Å². The molecular weight excluding hydrogens is 452 g/mol. The van der Waals surface area contributed by atoms with Crippen LogP contribution < -0.4 is 15.3 Å². The highest BCUT2D eigenvalue weighted by Crippen LogP contribution is 2.40. The smallest absolute Gasteiger partial charge is 0.443 e. The third-order valence-corrected chi connectivity index (χ3v) is 7.12. The number of halogens is 1. The van der Waals surface area contributed by atoms with Crippen LogP contribution in [-0.2, 0) is 4.74 Å². The maximum absolute atomic E-state index is 14.9. The molecule has 3 aromatic rings. The Balaban J connectivity index is 1.69. The van der Waals surface area contributed by atoms with Crippen molar-refractivity contribution in [2.75, 3.05) is 43.5 Å². The second-order valence-corrected chi connectivity index (χ2v) is 10.7. The zero-order chi connectivity index (χ0) is 25.2. The van der Waals surface area contributed by atoms with E-state index in [1.807, 2.05) is 0 Å². The summed E-state index contributed by atoms with van der Waals surface area (Å²) in [6.07, 6.45) is 1.91. The van der Waals surface area contributed by atoms with E-state index in [-0.39, 0.29) is 5.46 Å². The Hall–Kier alpha value is -2.89. The number of aromatic nitrogens is 2. The fraction of sp³-hybridized carbons (Fsp3) is 0.500. The molecule has 0 bridgehead atoms. The van der Waals surface area contributed by atoms with Crippen LogP contribution in [0.1, 0.15) is 27.2 Å². The van der Waals surface area contributed by atoms with Gasteiger partial charge in [0.1, 0.15) is 17.1 Å². The Morgan fingerprint density at radius 2 is 2.06 bits per heavy atom. The molecule has 1 aromatic carbocycles. The molecule has 0 aliphatic carbocycles. The number of hydrogen-bond acceptors (Lipinski definition) is 7. The van der Waals surface area contributed by atoms with Gasteiger partial charge in [-0.05, 0) is 58.8 Å². The van der Waals surface area contributed by atoms with Crippen molar-refractivity contribution in [1.82, 2.24) is 14.9 Å². The van der Waals surface area contributed by atoms with E-state index in [0.29, 0.717) is 45.3 Å². The SMILES string of the molecule is CN(C(=O)OC(C)(C)C)c1cc(F)cc2c1[nH]c1ncc(B(O)O)c(N3C[C@H]4CCN(C)[C@H]4C3)c12. The molecule has 2 atom stereocenters. The molecule has 1 amide bonds. The Morgan fingerprint density at radius 1 is 1.31 bits per heavy atom. The van der Waals surface area contributed by atoms with Gasteiger partial charge < -0.3 is 29.6 Å². The summed E-state index contributed by atoms with van der Waals surface area (Å²) >= 11 is 0. The second kappa shape index (κ2) is 8.36. The molecule has 4 heterocycles. The van der Waals surface area contributed by atoms with Crippen LogP contribution in [-0.4, -0.2) is 83.5 Å². The minimum Gasteiger partial charge on any atom is -0.443 e. The van der Waals surface area contributed by atoms with Crippen LogP contribution in [0.15, 0.2) is 18.3 Å². The quantitative estimate of drug-likeness (QED) is 0.490. The number of aromatic amines is 1. The molecule has 2 aliphatic heterocycles. The number of hydrogen-bond donors (Lipinski definition) is 3. The number of carbonyl (C=O) groups is 1. The van der Waals surface area contributed by atoms with Crippen molar-refractivity contribution in [3.8, 4) is 0 Å². The number of likely N-dealkylation sites (tertiary alicyclic amines) is 1. The lowest BCUT2D eigenvalue weighted by Gasteiger charge is -2.26. The van der Waals surface area contributed by atoms with Gasteiger partial charge in [-0.15, -0.1) is 0 Å². The van der Waals surface area contributed by atoms with Crippen molar-refractivity contribution in [2.45, 2.75) is 38.8 Å². The predicted molar refractivity (Wildman–Crippen MR) is 135 cm³/mol. The average Bonchev–Trinajstić information content (AvgIpc) is 3.44. The van der Waals surface area contributed by atoms with Crippen molar-refractivity contribution in [1.29, 1.82) is 0 Å². The lowest BCUT2D eigenvalue weighted by Crippen LogP contribution is -2.39. The normalized spacial score (nSPS) is 20.6. The maximum Gasteiger partial charge on any atom is 0.492 e. The van der Waals surface area contributed by atoms with Crippen LogP contribution >= 0.6 is 0 Å². The Kier molecular flexibility index (Phi) is 5.69. The van der Waals surface area contributed by atoms with Gasteiger partial charge in [0.15, 0.2) is 0 Å². The van der Waals surface area contributed by atoms with Crippen molar-refractivity contribution < 1.29 is 24.0 Å². The van der Waals surface area contributed by atoms with Crippen LogP contribution in [0.2, 0.25) is 0 Å². The lowest BCUT2D eigenvalue weighted by molar-refractivity contribution is 0.0589. The molecule has 11 heteroatoms. The Labute approximate surface area is 203 Å².